The Hall–Kier alpha value is -3.32. The summed E-state index contributed by atoms with van der Waals surface area (Å²) in [6.07, 6.45) is 0. The van der Waals surface area contributed by atoms with Crippen molar-refractivity contribution in [3.05, 3.63) is 111 Å². The Morgan fingerprint density at radius 1 is 0.829 bits per heavy atom. The summed E-state index contributed by atoms with van der Waals surface area (Å²) in [4.78, 5) is 24.7. The maximum absolute atomic E-state index is 12.5. The van der Waals surface area contributed by atoms with Crippen LogP contribution < -0.4 is 14.8 Å². The van der Waals surface area contributed by atoms with E-state index >= 15 is 0 Å². The molecule has 0 unspecified atom stereocenters. The maximum Gasteiger partial charge on any atom is 0.349 e. The van der Waals surface area contributed by atoms with Crippen molar-refractivity contribution in [1.82, 2.24) is 0 Å². The molecule has 0 heterocycles. The first-order chi connectivity index (χ1) is 16.9. The lowest BCUT2D eigenvalue weighted by Gasteiger charge is -2.11. The van der Waals surface area contributed by atoms with Crippen LogP contribution in [-0.2, 0) is 4.79 Å². The van der Waals surface area contributed by atoms with Gasteiger partial charge in [-0.2, -0.15) is 0 Å². The highest BCUT2D eigenvalue weighted by molar-refractivity contribution is 9.10. The molecule has 1 amide bonds. The van der Waals surface area contributed by atoms with Gasteiger partial charge in [-0.05, 0) is 81.7 Å². The van der Waals surface area contributed by atoms with Gasteiger partial charge in [-0.15, -0.1) is 0 Å². The molecule has 0 aliphatic rings. The number of amides is 1. The van der Waals surface area contributed by atoms with Crippen LogP contribution in [0, 0.1) is 0 Å². The monoisotopic (exact) mass is 569 g/mol. The van der Waals surface area contributed by atoms with Crippen molar-refractivity contribution >= 4 is 56.7 Å². The number of carbonyl (C=O) groups is 2. The molecule has 0 saturated heterocycles. The summed E-state index contributed by atoms with van der Waals surface area (Å²) in [5.74, 6) is -0.145. The molecule has 176 valence electrons. The number of carbonyl (C=O) groups excluding carboxylic acids is 2. The number of ether oxygens (including phenoxy) is 2. The molecule has 4 aromatic rings. The van der Waals surface area contributed by atoms with E-state index in [1.54, 1.807) is 24.3 Å². The second kappa shape index (κ2) is 11.4. The Bertz CT molecular complexity index is 1360. The van der Waals surface area contributed by atoms with E-state index in [0.717, 1.165) is 15.6 Å². The zero-order valence-corrected chi connectivity index (χ0v) is 21.2. The van der Waals surface area contributed by atoms with E-state index in [4.69, 9.17) is 32.7 Å². The topological polar surface area (TPSA) is 64.6 Å². The van der Waals surface area contributed by atoms with Crippen molar-refractivity contribution in [2.75, 3.05) is 11.9 Å². The van der Waals surface area contributed by atoms with Crippen LogP contribution in [0.15, 0.2) is 95.5 Å². The molecular formula is C27H18BrCl2NO4. The van der Waals surface area contributed by atoms with Crippen LogP contribution in [0.2, 0.25) is 10.0 Å². The number of rotatable bonds is 7. The van der Waals surface area contributed by atoms with Crippen LogP contribution in [0.3, 0.4) is 0 Å². The van der Waals surface area contributed by atoms with Crippen molar-refractivity contribution < 1.29 is 19.1 Å². The zero-order chi connectivity index (χ0) is 24.8. The number of halogens is 3. The molecule has 4 aromatic carbocycles. The van der Waals surface area contributed by atoms with Gasteiger partial charge in [-0.3, -0.25) is 4.79 Å². The third kappa shape index (κ3) is 6.63. The summed E-state index contributed by atoms with van der Waals surface area (Å²) in [5, 5.41) is 3.52. The zero-order valence-electron chi connectivity index (χ0n) is 18.1. The van der Waals surface area contributed by atoms with E-state index < -0.39 is 5.97 Å². The first-order valence-electron chi connectivity index (χ1n) is 10.4. The second-order valence-electron chi connectivity index (χ2n) is 7.38. The first kappa shape index (κ1) is 24.8. The minimum absolute atomic E-state index is 0.279. The highest BCUT2D eigenvalue weighted by Gasteiger charge is 2.12. The summed E-state index contributed by atoms with van der Waals surface area (Å²) in [7, 11) is 0. The average molecular weight is 571 g/mol. The number of benzene rings is 4. The van der Waals surface area contributed by atoms with Gasteiger partial charge in [-0.1, -0.05) is 59.6 Å². The number of hydrogen-bond donors (Lipinski definition) is 1. The molecule has 0 fully saturated rings. The van der Waals surface area contributed by atoms with Gasteiger partial charge >= 0.3 is 5.97 Å². The largest absolute Gasteiger partial charge is 0.481 e. The molecule has 0 saturated carbocycles. The van der Waals surface area contributed by atoms with Gasteiger partial charge in [0.05, 0.1) is 15.2 Å². The summed E-state index contributed by atoms with van der Waals surface area (Å²) < 4.78 is 11.6. The Balaban J connectivity index is 1.31. The molecule has 4 rings (SSSR count). The number of nitrogens with one attached hydrogen (secondary N) is 1. The Labute approximate surface area is 220 Å². The van der Waals surface area contributed by atoms with Crippen LogP contribution in [0.1, 0.15) is 10.4 Å². The molecule has 0 radical (unpaired) electrons. The van der Waals surface area contributed by atoms with Gasteiger partial charge in [0.25, 0.3) is 5.91 Å². The number of hydrogen-bond acceptors (Lipinski definition) is 4. The second-order valence-corrected chi connectivity index (χ2v) is 9.07. The summed E-state index contributed by atoms with van der Waals surface area (Å²) in [6.45, 7) is -0.279. The van der Waals surface area contributed by atoms with Crippen molar-refractivity contribution in [3.63, 3.8) is 0 Å². The van der Waals surface area contributed by atoms with Crippen LogP contribution in [0.5, 0.6) is 11.5 Å². The van der Waals surface area contributed by atoms with Gasteiger partial charge < -0.3 is 14.8 Å². The quantitative estimate of drug-likeness (QED) is 0.183. The third-order valence-electron chi connectivity index (χ3n) is 4.91. The van der Waals surface area contributed by atoms with Gasteiger partial charge in [0.2, 0.25) is 0 Å². The van der Waals surface area contributed by atoms with E-state index in [-0.39, 0.29) is 18.3 Å². The van der Waals surface area contributed by atoms with E-state index in [0.29, 0.717) is 27.0 Å². The van der Waals surface area contributed by atoms with E-state index in [1.807, 2.05) is 42.5 Å². The molecule has 5 nitrogen and oxygen atoms in total. The fraction of sp³-hybridized carbons (Fsp3) is 0.0370. The van der Waals surface area contributed by atoms with Crippen LogP contribution >= 0.6 is 39.1 Å². The molecule has 8 heteroatoms. The molecule has 0 aromatic heterocycles. The van der Waals surface area contributed by atoms with Gasteiger partial charge in [0, 0.05) is 10.6 Å². The fourth-order valence-electron chi connectivity index (χ4n) is 3.19. The average Bonchev–Trinajstić information content (AvgIpc) is 2.86. The SMILES string of the molecule is O=C(COc1ccc(-c2ccccc2)cc1Br)Oc1ccc(C(=O)Nc2cc(Cl)ccc2Cl)cc1. The standard InChI is InChI=1S/C27H18BrCl2NO4/c28-22-14-19(17-4-2-1-3-5-17)8-13-25(22)34-16-26(32)35-21-10-6-18(7-11-21)27(33)31-24-15-20(29)9-12-23(24)30/h1-15H,16H2,(H,31,33). The van der Waals surface area contributed by atoms with E-state index in [9.17, 15) is 9.59 Å². The highest BCUT2D eigenvalue weighted by Crippen LogP contribution is 2.31. The van der Waals surface area contributed by atoms with Crippen LogP contribution in [-0.4, -0.2) is 18.5 Å². The smallest absolute Gasteiger partial charge is 0.349 e. The maximum atomic E-state index is 12.5. The lowest BCUT2D eigenvalue weighted by molar-refractivity contribution is -0.136. The minimum atomic E-state index is -0.577. The minimum Gasteiger partial charge on any atom is -0.481 e. The van der Waals surface area contributed by atoms with E-state index in [1.165, 1.54) is 24.3 Å². The Morgan fingerprint density at radius 3 is 2.29 bits per heavy atom. The summed E-state index contributed by atoms with van der Waals surface area (Å²) in [5.41, 5.74) is 2.86. The van der Waals surface area contributed by atoms with Gasteiger partial charge in [-0.25, -0.2) is 4.79 Å². The van der Waals surface area contributed by atoms with Crippen LogP contribution in [0.4, 0.5) is 5.69 Å². The molecule has 0 spiro atoms. The molecule has 0 atom stereocenters. The first-order valence-corrected chi connectivity index (χ1v) is 12.0. The van der Waals surface area contributed by atoms with Crippen molar-refractivity contribution in [3.8, 4) is 22.6 Å². The molecule has 35 heavy (non-hydrogen) atoms. The van der Waals surface area contributed by atoms with E-state index in [2.05, 4.69) is 21.2 Å². The number of anilines is 1. The van der Waals surface area contributed by atoms with Crippen molar-refractivity contribution in [2.45, 2.75) is 0 Å². The van der Waals surface area contributed by atoms with Gasteiger partial charge in [0.1, 0.15) is 11.5 Å². The van der Waals surface area contributed by atoms with Crippen molar-refractivity contribution in [1.29, 1.82) is 0 Å². The van der Waals surface area contributed by atoms with Gasteiger partial charge in [0.15, 0.2) is 6.61 Å². The molecule has 0 aliphatic carbocycles. The molecular weight excluding hydrogens is 553 g/mol. The third-order valence-corrected chi connectivity index (χ3v) is 6.09. The fourth-order valence-corrected chi connectivity index (χ4v) is 4.02. The highest BCUT2D eigenvalue weighted by atomic mass is 79.9. The lowest BCUT2D eigenvalue weighted by Crippen LogP contribution is -2.18. The summed E-state index contributed by atoms with van der Waals surface area (Å²) in [6, 6.07) is 26.5. The Morgan fingerprint density at radius 2 is 1.57 bits per heavy atom. The molecule has 1 N–H and O–H groups in total. The number of esters is 1. The predicted octanol–water partition coefficient (Wildman–Crippen LogP) is 7.66. The predicted molar refractivity (Wildman–Crippen MR) is 142 cm³/mol. The van der Waals surface area contributed by atoms with Crippen molar-refractivity contribution in [2.24, 2.45) is 0 Å². The molecule has 0 bridgehead atoms. The lowest BCUT2D eigenvalue weighted by atomic mass is 10.1. The van der Waals surface area contributed by atoms with Crippen LogP contribution in [0.25, 0.3) is 11.1 Å². The normalized spacial score (nSPS) is 10.5. The molecule has 0 aliphatic heterocycles. The summed E-state index contributed by atoms with van der Waals surface area (Å²) >= 11 is 15.5. The Kier molecular flexibility index (Phi) is 8.08.